The molecule has 0 aliphatic heterocycles. The van der Waals surface area contributed by atoms with Gasteiger partial charge < -0.3 is 4.55 Å². The van der Waals surface area contributed by atoms with Gasteiger partial charge in [0.2, 0.25) is 0 Å². The Labute approximate surface area is 58.3 Å². The summed E-state index contributed by atoms with van der Waals surface area (Å²) in [5, 5.41) is -0.338. The van der Waals surface area contributed by atoms with Gasteiger partial charge in [-0.1, -0.05) is 11.6 Å². The molecule has 2 nitrogen and oxygen atoms in total. The first-order chi connectivity index (χ1) is 4.09. The van der Waals surface area contributed by atoms with Gasteiger partial charge in [0.15, 0.2) is 0 Å². The third-order valence-electron chi connectivity index (χ3n) is 1.39. The normalized spacial score (nSPS) is 19.3. The molecule has 0 bridgehead atoms. The zero-order valence-corrected chi connectivity index (χ0v) is 6.70. The molecule has 0 saturated carbocycles. The van der Waals surface area contributed by atoms with E-state index in [4.69, 9.17) is 0 Å². The second kappa shape index (κ2) is 3.80. The molecule has 54 valence electrons. The van der Waals surface area contributed by atoms with Crippen LogP contribution in [0.3, 0.4) is 0 Å². The van der Waals surface area contributed by atoms with Gasteiger partial charge in [-0.05, 0) is 31.9 Å². The van der Waals surface area contributed by atoms with Gasteiger partial charge in [-0.25, -0.2) is 0 Å². The Morgan fingerprint density at radius 1 is 1.78 bits per heavy atom. The van der Waals surface area contributed by atoms with Crippen molar-refractivity contribution in [2.45, 2.75) is 26.0 Å². The lowest BCUT2D eigenvalue weighted by atomic mass is 10.2. The lowest BCUT2D eigenvalue weighted by Crippen LogP contribution is -2.10. The molecule has 0 aliphatic rings. The second-order valence-corrected chi connectivity index (χ2v) is 3.16. The summed E-state index contributed by atoms with van der Waals surface area (Å²) in [6.07, 6.45) is 1.81. The highest BCUT2D eigenvalue weighted by atomic mass is 32.2. The van der Waals surface area contributed by atoms with Crippen LogP contribution in [0.15, 0.2) is 11.6 Å². The smallest absolute Gasteiger partial charge is 0.0393 e. The van der Waals surface area contributed by atoms with Gasteiger partial charge in [0.1, 0.15) is 0 Å². The molecule has 0 rings (SSSR count). The summed E-state index contributed by atoms with van der Waals surface area (Å²) in [7, 11) is 0. The predicted molar refractivity (Wildman–Crippen MR) is 37.8 cm³/mol. The van der Waals surface area contributed by atoms with Crippen molar-refractivity contribution in [3.8, 4) is 0 Å². The highest BCUT2D eigenvalue weighted by Gasteiger charge is 2.00. The first kappa shape index (κ1) is 8.85. The highest BCUT2D eigenvalue weighted by Crippen LogP contribution is 2.04. The van der Waals surface area contributed by atoms with Gasteiger partial charge in [0.25, 0.3) is 0 Å². The molecule has 0 N–H and O–H groups in total. The van der Waals surface area contributed by atoms with E-state index in [1.54, 1.807) is 19.9 Å². The molecule has 0 aromatic carbocycles. The molecule has 0 radical (unpaired) electrons. The largest absolute Gasteiger partial charge is 0.772 e. The monoisotopic (exact) mass is 147 g/mol. The topological polar surface area (TPSA) is 40.1 Å². The van der Waals surface area contributed by atoms with E-state index in [1.807, 2.05) is 6.92 Å². The first-order valence-corrected chi connectivity index (χ1v) is 3.94. The van der Waals surface area contributed by atoms with Crippen LogP contribution < -0.4 is 0 Å². The summed E-state index contributed by atoms with van der Waals surface area (Å²) < 4.78 is 20.5. The van der Waals surface area contributed by atoms with Crippen LogP contribution in [0.5, 0.6) is 0 Å². The maximum Gasteiger partial charge on any atom is 0.0393 e. The second-order valence-electron chi connectivity index (χ2n) is 1.94. The van der Waals surface area contributed by atoms with Crippen molar-refractivity contribution in [2.24, 2.45) is 0 Å². The molecule has 2 atom stereocenters. The van der Waals surface area contributed by atoms with Crippen LogP contribution in [0.25, 0.3) is 0 Å². The molecule has 9 heavy (non-hydrogen) atoms. The molecule has 0 aromatic heterocycles. The van der Waals surface area contributed by atoms with Gasteiger partial charge >= 0.3 is 0 Å². The van der Waals surface area contributed by atoms with Gasteiger partial charge in [-0.2, -0.15) is 0 Å². The predicted octanol–water partition coefficient (Wildman–Crippen LogP) is 1.22. The minimum Gasteiger partial charge on any atom is -0.772 e. The number of allylic oxidation sites excluding steroid dienone is 1. The summed E-state index contributed by atoms with van der Waals surface area (Å²) in [5.74, 6) is 0. The van der Waals surface area contributed by atoms with Crippen molar-refractivity contribution in [1.29, 1.82) is 0 Å². The summed E-state index contributed by atoms with van der Waals surface area (Å²) in [6.45, 7) is 5.30. The van der Waals surface area contributed by atoms with E-state index in [0.29, 0.717) is 0 Å². The van der Waals surface area contributed by atoms with Crippen molar-refractivity contribution >= 4 is 11.1 Å². The van der Waals surface area contributed by atoms with Crippen LogP contribution in [0.1, 0.15) is 20.8 Å². The molecular formula is C6H11O2S-. The molecule has 2 unspecified atom stereocenters. The van der Waals surface area contributed by atoms with Crippen LogP contribution in [-0.2, 0) is 11.1 Å². The fourth-order valence-electron chi connectivity index (χ4n) is 0.386. The fourth-order valence-corrected chi connectivity index (χ4v) is 0.826. The third-order valence-corrected chi connectivity index (χ3v) is 2.33. The Morgan fingerprint density at radius 2 is 2.22 bits per heavy atom. The van der Waals surface area contributed by atoms with Crippen LogP contribution in [0, 0.1) is 0 Å². The quantitative estimate of drug-likeness (QED) is 0.435. The lowest BCUT2D eigenvalue weighted by molar-refractivity contribution is 0.530. The Kier molecular flexibility index (Phi) is 3.73. The highest BCUT2D eigenvalue weighted by molar-refractivity contribution is 7.80. The molecule has 0 saturated heterocycles. The van der Waals surface area contributed by atoms with Gasteiger partial charge in [-0.3, -0.25) is 4.21 Å². The fraction of sp³-hybridized carbons (Fsp3) is 0.667. The minimum atomic E-state index is -1.96. The molecule has 3 heteroatoms. The Bertz CT molecular complexity index is 140. The maximum atomic E-state index is 10.3. The van der Waals surface area contributed by atoms with E-state index in [1.165, 1.54) is 0 Å². The van der Waals surface area contributed by atoms with Crippen LogP contribution >= 0.6 is 0 Å². The van der Waals surface area contributed by atoms with Crippen molar-refractivity contribution < 1.29 is 8.76 Å². The van der Waals surface area contributed by atoms with Crippen LogP contribution in [0.2, 0.25) is 0 Å². The standard InChI is InChI=1S/C6H12O2S/c1-4-5(2)6(3)9(7)8/h4,6H,1-3H3,(H,7,8)/p-1. The summed E-state index contributed by atoms with van der Waals surface area (Å²) in [5.41, 5.74) is 0.892. The zero-order valence-electron chi connectivity index (χ0n) is 5.88. The van der Waals surface area contributed by atoms with E-state index in [0.717, 1.165) is 5.57 Å². The molecule has 0 fully saturated rings. The average molecular weight is 147 g/mol. The SMILES string of the molecule is CC=C(C)C(C)S(=O)[O-]. The van der Waals surface area contributed by atoms with Crippen LogP contribution in [0.4, 0.5) is 0 Å². The molecule has 0 amide bonds. The molecular weight excluding hydrogens is 136 g/mol. The molecule has 0 heterocycles. The maximum absolute atomic E-state index is 10.3. The van der Waals surface area contributed by atoms with Crippen LogP contribution in [-0.4, -0.2) is 14.0 Å². The number of rotatable bonds is 2. The van der Waals surface area contributed by atoms with Gasteiger partial charge in [0.05, 0.1) is 0 Å². The van der Waals surface area contributed by atoms with Crippen molar-refractivity contribution in [1.82, 2.24) is 0 Å². The molecule has 0 aliphatic carbocycles. The van der Waals surface area contributed by atoms with E-state index in [9.17, 15) is 8.76 Å². The zero-order chi connectivity index (χ0) is 7.44. The number of hydrogen-bond donors (Lipinski definition) is 0. The average Bonchev–Trinajstić information content (AvgIpc) is 1.84. The van der Waals surface area contributed by atoms with Crippen molar-refractivity contribution in [2.75, 3.05) is 0 Å². The van der Waals surface area contributed by atoms with Crippen molar-refractivity contribution in [3.05, 3.63) is 11.6 Å². The third kappa shape index (κ3) is 2.77. The number of hydrogen-bond acceptors (Lipinski definition) is 2. The van der Waals surface area contributed by atoms with E-state index < -0.39 is 11.1 Å². The van der Waals surface area contributed by atoms with E-state index in [-0.39, 0.29) is 5.25 Å². The Morgan fingerprint density at radius 3 is 2.33 bits per heavy atom. The van der Waals surface area contributed by atoms with Crippen molar-refractivity contribution in [3.63, 3.8) is 0 Å². The summed E-state index contributed by atoms with van der Waals surface area (Å²) in [4.78, 5) is 0. The summed E-state index contributed by atoms with van der Waals surface area (Å²) in [6, 6.07) is 0. The summed E-state index contributed by atoms with van der Waals surface area (Å²) >= 11 is -1.96. The van der Waals surface area contributed by atoms with E-state index >= 15 is 0 Å². The minimum absolute atomic E-state index is 0.338. The Hall–Kier alpha value is -0.150. The first-order valence-electron chi connectivity index (χ1n) is 2.80. The Balaban J connectivity index is 4.04. The lowest BCUT2D eigenvalue weighted by Gasteiger charge is -2.14. The van der Waals surface area contributed by atoms with Gasteiger partial charge in [-0.15, -0.1) is 0 Å². The molecule has 0 aromatic rings. The molecule has 0 spiro atoms. The van der Waals surface area contributed by atoms with Gasteiger partial charge in [0, 0.05) is 5.25 Å². The van der Waals surface area contributed by atoms with E-state index in [2.05, 4.69) is 0 Å².